The number of aromatic hydroxyl groups is 2. The number of aromatic nitrogens is 3. The minimum atomic E-state index is 0.0959. The molecule has 2 aromatic heterocycles. The number of hydrogen-bond acceptors (Lipinski definition) is 5. The van der Waals surface area contributed by atoms with E-state index in [2.05, 4.69) is 15.4 Å². The van der Waals surface area contributed by atoms with Gasteiger partial charge in [-0.25, -0.2) is 9.50 Å². The van der Waals surface area contributed by atoms with E-state index in [1.807, 2.05) is 12.1 Å². The molecule has 6 heteroatoms. The molecule has 0 amide bonds. The topological polar surface area (TPSA) is 82.7 Å². The molecule has 0 atom stereocenters. The number of fused-ring (bicyclic) bond motifs is 1. The number of nitrogens with one attached hydrogen (secondary N) is 1. The predicted molar refractivity (Wildman–Crippen MR) is 92.2 cm³/mol. The Morgan fingerprint density at radius 2 is 1.83 bits per heavy atom. The van der Waals surface area contributed by atoms with E-state index in [9.17, 15) is 10.2 Å². The highest BCUT2D eigenvalue weighted by molar-refractivity contribution is 5.86. The number of phenolic OH excluding ortho intramolecular Hbond substituents is 2. The van der Waals surface area contributed by atoms with Crippen LogP contribution in [0.5, 0.6) is 11.5 Å². The van der Waals surface area contributed by atoms with Crippen LogP contribution in [-0.4, -0.2) is 30.9 Å². The maximum absolute atomic E-state index is 10.5. The second-order valence-corrected chi connectivity index (χ2v) is 6.27. The van der Waals surface area contributed by atoms with Gasteiger partial charge in [-0.15, -0.1) is 0 Å². The van der Waals surface area contributed by atoms with Gasteiger partial charge in [-0.1, -0.05) is 19.3 Å². The normalized spacial score (nSPS) is 15.7. The molecule has 0 unspecified atom stereocenters. The van der Waals surface area contributed by atoms with Crippen LogP contribution >= 0.6 is 0 Å². The third kappa shape index (κ3) is 2.54. The molecule has 2 heterocycles. The first kappa shape index (κ1) is 14.8. The fourth-order valence-corrected chi connectivity index (χ4v) is 3.44. The maximum Gasteiger partial charge on any atom is 0.154 e. The van der Waals surface area contributed by atoms with Crippen LogP contribution in [0.3, 0.4) is 0 Å². The van der Waals surface area contributed by atoms with Gasteiger partial charge in [0.05, 0.1) is 23.1 Å². The van der Waals surface area contributed by atoms with Crippen LogP contribution in [-0.2, 0) is 0 Å². The second-order valence-electron chi connectivity index (χ2n) is 6.27. The molecule has 4 rings (SSSR count). The van der Waals surface area contributed by atoms with Gasteiger partial charge in [0.2, 0.25) is 0 Å². The standard InChI is InChI=1S/C18H20N4O2/c23-14-8-9-15(24)18(21-12-5-2-1-3-6-12)17(14)13-11-19-16-7-4-10-20-22(13)16/h4,7-12,21,23-24H,1-3,5-6H2. The second kappa shape index (κ2) is 6.03. The van der Waals surface area contributed by atoms with Crippen LogP contribution in [0.4, 0.5) is 5.69 Å². The molecule has 0 saturated heterocycles. The lowest BCUT2D eigenvalue weighted by Crippen LogP contribution is -2.22. The molecule has 1 saturated carbocycles. The quantitative estimate of drug-likeness (QED) is 0.507. The third-order valence-electron chi connectivity index (χ3n) is 4.65. The first-order chi connectivity index (χ1) is 11.7. The Labute approximate surface area is 139 Å². The molecular weight excluding hydrogens is 304 g/mol. The van der Waals surface area contributed by atoms with Gasteiger partial charge in [0, 0.05) is 12.2 Å². The number of benzene rings is 1. The van der Waals surface area contributed by atoms with E-state index in [1.54, 1.807) is 16.9 Å². The van der Waals surface area contributed by atoms with Crippen molar-refractivity contribution in [3.8, 4) is 22.8 Å². The Hall–Kier alpha value is -2.76. The first-order valence-corrected chi connectivity index (χ1v) is 8.34. The van der Waals surface area contributed by atoms with Crippen LogP contribution in [0.2, 0.25) is 0 Å². The molecule has 124 valence electrons. The van der Waals surface area contributed by atoms with Crippen LogP contribution < -0.4 is 5.32 Å². The minimum Gasteiger partial charge on any atom is -0.507 e. The molecule has 3 aromatic rings. The first-order valence-electron chi connectivity index (χ1n) is 8.34. The molecule has 0 radical (unpaired) electrons. The smallest absolute Gasteiger partial charge is 0.154 e. The van der Waals surface area contributed by atoms with Crippen molar-refractivity contribution in [2.75, 3.05) is 5.32 Å². The SMILES string of the molecule is Oc1ccc(O)c(-c2cnc3cccnn23)c1NC1CCCCC1. The van der Waals surface area contributed by atoms with E-state index >= 15 is 0 Å². The number of anilines is 1. The lowest BCUT2D eigenvalue weighted by molar-refractivity contribution is 0.448. The van der Waals surface area contributed by atoms with Crippen molar-refractivity contribution < 1.29 is 10.2 Å². The van der Waals surface area contributed by atoms with Crippen molar-refractivity contribution in [3.05, 3.63) is 36.7 Å². The molecule has 1 aromatic carbocycles. The summed E-state index contributed by atoms with van der Waals surface area (Å²) >= 11 is 0. The summed E-state index contributed by atoms with van der Waals surface area (Å²) in [4.78, 5) is 4.33. The Kier molecular flexibility index (Phi) is 3.72. The van der Waals surface area contributed by atoms with E-state index in [0.717, 1.165) is 12.8 Å². The Balaban J connectivity index is 1.83. The zero-order chi connectivity index (χ0) is 16.5. The van der Waals surface area contributed by atoms with E-state index in [4.69, 9.17) is 0 Å². The molecule has 3 N–H and O–H groups in total. The average molecular weight is 324 g/mol. The summed E-state index contributed by atoms with van der Waals surface area (Å²) < 4.78 is 1.67. The van der Waals surface area contributed by atoms with Crippen LogP contribution in [0, 0.1) is 0 Å². The van der Waals surface area contributed by atoms with Gasteiger partial charge >= 0.3 is 0 Å². The zero-order valence-electron chi connectivity index (χ0n) is 13.3. The summed E-state index contributed by atoms with van der Waals surface area (Å²) in [6, 6.07) is 6.98. The van der Waals surface area contributed by atoms with Crippen molar-refractivity contribution in [2.45, 2.75) is 38.1 Å². The minimum absolute atomic E-state index is 0.0959. The van der Waals surface area contributed by atoms with E-state index in [1.165, 1.54) is 31.4 Å². The van der Waals surface area contributed by atoms with Crippen LogP contribution in [0.1, 0.15) is 32.1 Å². The average Bonchev–Trinajstić information content (AvgIpc) is 3.03. The zero-order valence-corrected chi connectivity index (χ0v) is 13.3. The van der Waals surface area contributed by atoms with Crippen molar-refractivity contribution in [2.24, 2.45) is 0 Å². The highest BCUT2D eigenvalue weighted by atomic mass is 16.3. The van der Waals surface area contributed by atoms with Gasteiger partial charge in [0.25, 0.3) is 0 Å². The molecular formula is C18H20N4O2. The maximum atomic E-state index is 10.5. The molecule has 0 aliphatic heterocycles. The van der Waals surface area contributed by atoms with Crippen LogP contribution in [0.15, 0.2) is 36.7 Å². The van der Waals surface area contributed by atoms with Crippen molar-refractivity contribution in [1.29, 1.82) is 0 Å². The molecule has 0 bridgehead atoms. The van der Waals surface area contributed by atoms with Gasteiger partial charge in [-0.05, 0) is 37.1 Å². The number of rotatable bonds is 3. The summed E-state index contributed by atoms with van der Waals surface area (Å²) in [6.45, 7) is 0. The number of phenols is 2. The molecule has 6 nitrogen and oxygen atoms in total. The van der Waals surface area contributed by atoms with Gasteiger partial charge < -0.3 is 15.5 Å². The number of imidazole rings is 1. The van der Waals surface area contributed by atoms with E-state index < -0.39 is 0 Å². The largest absolute Gasteiger partial charge is 0.507 e. The molecule has 1 aliphatic rings. The summed E-state index contributed by atoms with van der Waals surface area (Å²) in [5.74, 6) is 0.220. The summed E-state index contributed by atoms with van der Waals surface area (Å²) in [5.41, 5.74) is 2.43. The molecule has 1 aliphatic carbocycles. The van der Waals surface area contributed by atoms with Gasteiger partial charge in [-0.2, -0.15) is 5.10 Å². The monoisotopic (exact) mass is 324 g/mol. The Bertz CT molecular complexity index is 869. The molecule has 1 fully saturated rings. The van der Waals surface area contributed by atoms with Crippen molar-refractivity contribution >= 4 is 11.3 Å². The molecule has 0 spiro atoms. The van der Waals surface area contributed by atoms with Crippen LogP contribution in [0.25, 0.3) is 16.9 Å². The van der Waals surface area contributed by atoms with Gasteiger partial charge in [0.15, 0.2) is 5.65 Å². The third-order valence-corrected chi connectivity index (χ3v) is 4.65. The Morgan fingerprint density at radius 3 is 2.67 bits per heavy atom. The van der Waals surface area contributed by atoms with E-state index in [-0.39, 0.29) is 11.5 Å². The predicted octanol–water partition coefficient (Wildman–Crippen LogP) is 3.55. The fourth-order valence-electron chi connectivity index (χ4n) is 3.44. The molecule has 24 heavy (non-hydrogen) atoms. The van der Waals surface area contributed by atoms with Crippen molar-refractivity contribution in [3.63, 3.8) is 0 Å². The van der Waals surface area contributed by atoms with Gasteiger partial charge in [-0.3, -0.25) is 0 Å². The number of nitrogens with zero attached hydrogens (tertiary/aromatic N) is 3. The lowest BCUT2D eigenvalue weighted by Gasteiger charge is -2.25. The summed E-state index contributed by atoms with van der Waals surface area (Å²) in [5, 5.41) is 28.6. The van der Waals surface area contributed by atoms with Crippen molar-refractivity contribution in [1.82, 2.24) is 14.6 Å². The fraction of sp³-hybridized carbons (Fsp3) is 0.333. The van der Waals surface area contributed by atoms with E-state index in [0.29, 0.717) is 28.6 Å². The Morgan fingerprint density at radius 1 is 1.04 bits per heavy atom. The summed E-state index contributed by atoms with van der Waals surface area (Å²) in [6.07, 6.45) is 9.11. The number of hydrogen-bond donors (Lipinski definition) is 3. The van der Waals surface area contributed by atoms with Gasteiger partial charge in [0.1, 0.15) is 11.5 Å². The highest BCUT2D eigenvalue weighted by Crippen LogP contribution is 2.42. The highest BCUT2D eigenvalue weighted by Gasteiger charge is 2.22. The lowest BCUT2D eigenvalue weighted by atomic mass is 9.94. The summed E-state index contributed by atoms with van der Waals surface area (Å²) in [7, 11) is 0.